The average molecular weight is 656 g/mol. The van der Waals surface area contributed by atoms with E-state index in [-0.39, 0.29) is 6.04 Å². The quantitative estimate of drug-likeness (QED) is 0.0699. The zero-order valence-electron chi connectivity index (χ0n) is 29.9. The first kappa shape index (κ1) is 39.4. The molecule has 0 aliphatic carbocycles. The van der Waals surface area contributed by atoms with E-state index < -0.39 is 11.9 Å². The van der Waals surface area contributed by atoms with Crippen molar-refractivity contribution in [2.45, 2.75) is 160 Å². The van der Waals surface area contributed by atoms with Gasteiger partial charge >= 0.3 is 5.97 Å². The van der Waals surface area contributed by atoms with Gasteiger partial charge in [-0.15, -0.1) is 0 Å². The Balaban J connectivity index is 1.21. The van der Waals surface area contributed by atoms with Gasteiger partial charge < -0.3 is 10.4 Å². The molecule has 0 bridgehead atoms. The second-order valence-corrected chi connectivity index (χ2v) is 13.9. The summed E-state index contributed by atoms with van der Waals surface area (Å²) in [5.74, 6) is -1.20. The van der Waals surface area contributed by atoms with Gasteiger partial charge in [0.05, 0.1) is 5.92 Å². The number of aliphatic carboxylic acids is 1. The lowest BCUT2D eigenvalue weighted by molar-refractivity contribution is -0.139. The van der Waals surface area contributed by atoms with Gasteiger partial charge in [0.25, 0.3) is 0 Å². The minimum absolute atomic E-state index is 0.0188. The van der Waals surface area contributed by atoms with Crippen LogP contribution in [0.4, 0.5) is 0 Å². The van der Waals surface area contributed by atoms with Crippen LogP contribution in [0.1, 0.15) is 157 Å². The molecule has 0 aliphatic heterocycles. The van der Waals surface area contributed by atoms with Crippen LogP contribution in [0.15, 0.2) is 79.4 Å². The molecule has 3 rings (SSSR count). The second-order valence-electron chi connectivity index (χ2n) is 13.9. The third-order valence-corrected chi connectivity index (χ3v) is 9.80. The predicted molar refractivity (Wildman–Crippen MR) is 201 cm³/mol. The molecule has 0 saturated carbocycles. The first-order valence-corrected chi connectivity index (χ1v) is 19.5. The predicted octanol–water partition coefficient (Wildman–Crippen LogP) is 11.3. The molecule has 0 radical (unpaired) electrons. The lowest BCUT2D eigenvalue weighted by Gasteiger charge is -2.26. The van der Waals surface area contributed by atoms with Gasteiger partial charge in [0.1, 0.15) is 0 Å². The highest BCUT2D eigenvalue weighted by molar-refractivity contribution is 5.77. The molecular formula is C43H65N3O2. The van der Waals surface area contributed by atoms with E-state index in [1.54, 1.807) is 0 Å². The summed E-state index contributed by atoms with van der Waals surface area (Å²) in [4.78, 5) is 20.9. The Hall–Kier alpha value is -3.05. The van der Waals surface area contributed by atoms with E-state index in [0.717, 1.165) is 44.2 Å². The standard InChI is InChI=1S/C43H65N3O2/c47-43(48)42(40-30-20-17-21-31-40)41(32-22-15-11-7-2-1-5-9-13-18-26-38-28-24-33-44-36-38)46-35-23-16-12-8-4-3-6-10-14-19-27-39-29-25-34-45-37-39/h17,20-21,24-25,28-31,33-34,36-37,41-42,46H,1-16,18-19,22-23,26-27,32,35H2,(H,47,48). The molecule has 0 saturated heterocycles. The topological polar surface area (TPSA) is 75.1 Å². The molecule has 2 aromatic heterocycles. The maximum atomic E-state index is 12.5. The van der Waals surface area contributed by atoms with Crippen LogP contribution in [0.25, 0.3) is 0 Å². The number of carboxylic acid groups (broad SMARTS) is 1. The van der Waals surface area contributed by atoms with Crippen LogP contribution in [0, 0.1) is 0 Å². The minimum atomic E-state index is -0.712. The smallest absolute Gasteiger partial charge is 0.312 e. The molecule has 2 unspecified atom stereocenters. The summed E-state index contributed by atoms with van der Waals surface area (Å²) in [6.07, 6.45) is 36.5. The van der Waals surface area contributed by atoms with Crippen molar-refractivity contribution in [3.05, 3.63) is 96.1 Å². The molecule has 0 fully saturated rings. The Kier molecular flexibility index (Phi) is 22.0. The Bertz CT molecular complexity index is 1160. The first-order valence-electron chi connectivity index (χ1n) is 19.5. The fourth-order valence-electron chi connectivity index (χ4n) is 6.95. The number of hydrogen-bond donors (Lipinski definition) is 2. The molecule has 5 heteroatoms. The number of nitrogens with one attached hydrogen (secondary N) is 1. The van der Waals surface area contributed by atoms with Crippen molar-refractivity contribution in [2.75, 3.05) is 6.54 Å². The molecular weight excluding hydrogens is 590 g/mol. The van der Waals surface area contributed by atoms with Crippen molar-refractivity contribution in [1.82, 2.24) is 15.3 Å². The number of aryl methyl sites for hydroxylation is 2. The maximum absolute atomic E-state index is 12.5. The van der Waals surface area contributed by atoms with E-state index in [0.29, 0.717) is 0 Å². The monoisotopic (exact) mass is 656 g/mol. The number of nitrogens with zero attached hydrogens (tertiary/aromatic N) is 2. The number of hydrogen-bond acceptors (Lipinski definition) is 4. The SMILES string of the molecule is O=C(O)C(c1ccccc1)C(CCCCCCCCCCCCc1cccnc1)NCCCCCCCCCCCCc1cccnc1. The molecule has 3 aromatic rings. The molecule has 0 amide bonds. The molecule has 2 atom stereocenters. The molecule has 1 aromatic carbocycles. The number of aromatic nitrogens is 2. The molecule has 0 aliphatic rings. The van der Waals surface area contributed by atoms with E-state index in [4.69, 9.17) is 0 Å². The van der Waals surface area contributed by atoms with E-state index >= 15 is 0 Å². The fraction of sp³-hybridized carbons (Fsp3) is 0.605. The van der Waals surface area contributed by atoms with Crippen LogP contribution in [0.2, 0.25) is 0 Å². The average Bonchev–Trinajstić information content (AvgIpc) is 3.11. The van der Waals surface area contributed by atoms with Crippen molar-refractivity contribution < 1.29 is 9.90 Å². The molecule has 48 heavy (non-hydrogen) atoms. The third-order valence-electron chi connectivity index (χ3n) is 9.80. The van der Waals surface area contributed by atoms with Crippen molar-refractivity contribution in [3.8, 4) is 0 Å². The number of unbranched alkanes of at least 4 members (excludes halogenated alkanes) is 18. The van der Waals surface area contributed by atoms with Crippen LogP contribution >= 0.6 is 0 Å². The Labute approximate surface area is 292 Å². The van der Waals surface area contributed by atoms with Gasteiger partial charge in [0.15, 0.2) is 0 Å². The lowest BCUT2D eigenvalue weighted by atomic mass is 9.88. The molecule has 2 heterocycles. The third kappa shape index (κ3) is 18.5. The second kappa shape index (κ2) is 26.9. The normalized spacial score (nSPS) is 12.6. The van der Waals surface area contributed by atoms with E-state index in [9.17, 15) is 9.90 Å². The largest absolute Gasteiger partial charge is 0.481 e. The highest BCUT2D eigenvalue weighted by atomic mass is 16.4. The van der Waals surface area contributed by atoms with Gasteiger partial charge in [-0.1, -0.05) is 152 Å². The van der Waals surface area contributed by atoms with Gasteiger partial charge in [-0.05, 0) is 73.9 Å². The van der Waals surface area contributed by atoms with Gasteiger partial charge in [-0.2, -0.15) is 0 Å². The summed E-state index contributed by atoms with van der Waals surface area (Å²) in [5.41, 5.74) is 3.62. The number of pyridine rings is 2. The lowest BCUT2D eigenvalue weighted by Crippen LogP contribution is -2.39. The molecule has 0 spiro atoms. The molecule has 5 nitrogen and oxygen atoms in total. The van der Waals surface area contributed by atoms with Gasteiger partial charge in [-0.3, -0.25) is 14.8 Å². The maximum Gasteiger partial charge on any atom is 0.312 e. The molecule has 264 valence electrons. The molecule has 2 N–H and O–H groups in total. The zero-order chi connectivity index (χ0) is 33.7. The van der Waals surface area contributed by atoms with Crippen molar-refractivity contribution in [2.24, 2.45) is 0 Å². The fourth-order valence-corrected chi connectivity index (χ4v) is 6.95. The van der Waals surface area contributed by atoms with Crippen molar-refractivity contribution in [3.63, 3.8) is 0 Å². The van der Waals surface area contributed by atoms with Crippen LogP contribution in [-0.2, 0) is 17.6 Å². The summed E-state index contributed by atoms with van der Waals surface area (Å²) in [6, 6.07) is 18.2. The summed E-state index contributed by atoms with van der Waals surface area (Å²) in [7, 11) is 0. The summed E-state index contributed by atoms with van der Waals surface area (Å²) < 4.78 is 0. The van der Waals surface area contributed by atoms with Crippen LogP contribution in [0.3, 0.4) is 0 Å². The summed E-state index contributed by atoms with van der Waals surface area (Å²) in [6.45, 7) is 0.903. The highest BCUT2D eigenvalue weighted by Crippen LogP contribution is 2.25. The highest BCUT2D eigenvalue weighted by Gasteiger charge is 2.29. The number of rotatable bonds is 30. The Morgan fingerprint density at radius 2 is 0.979 bits per heavy atom. The number of carbonyl (C=O) groups is 1. The van der Waals surface area contributed by atoms with Gasteiger partial charge in [0.2, 0.25) is 0 Å². The first-order chi connectivity index (χ1) is 23.7. The Morgan fingerprint density at radius 3 is 1.42 bits per heavy atom. The van der Waals surface area contributed by atoms with Crippen molar-refractivity contribution >= 4 is 5.97 Å². The van der Waals surface area contributed by atoms with Gasteiger partial charge in [-0.25, -0.2) is 0 Å². The van der Waals surface area contributed by atoms with Crippen LogP contribution in [0.5, 0.6) is 0 Å². The van der Waals surface area contributed by atoms with Crippen LogP contribution in [-0.4, -0.2) is 33.6 Å². The zero-order valence-corrected chi connectivity index (χ0v) is 29.9. The summed E-state index contributed by atoms with van der Waals surface area (Å²) >= 11 is 0. The minimum Gasteiger partial charge on any atom is -0.481 e. The van der Waals surface area contributed by atoms with E-state index in [2.05, 4.69) is 27.4 Å². The van der Waals surface area contributed by atoms with Crippen LogP contribution < -0.4 is 5.32 Å². The number of carboxylic acids is 1. The Morgan fingerprint density at radius 1 is 0.542 bits per heavy atom. The van der Waals surface area contributed by atoms with Crippen molar-refractivity contribution in [1.29, 1.82) is 0 Å². The van der Waals surface area contributed by atoms with E-state index in [1.807, 2.05) is 67.3 Å². The number of benzene rings is 1. The van der Waals surface area contributed by atoms with E-state index in [1.165, 1.54) is 127 Å². The van der Waals surface area contributed by atoms with Gasteiger partial charge in [0, 0.05) is 30.8 Å². The summed E-state index contributed by atoms with van der Waals surface area (Å²) in [5, 5.41) is 13.9.